The van der Waals surface area contributed by atoms with Crippen molar-refractivity contribution in [3.05, 3.63) is 65.9 Å². The summed E-state index contributed by atoms with van der Waals surface area (Å²) in [5.41, 5.74) is 3.40. The number of piperidine rings is 2. The van der Waals surface area contributed by atoms with Crippen LogP contribution in [0, 0.1) is 18.8 Å². The number of H-pyrrole nitrogens is 1. The van der Waals surface area contributed by atoms with Crippen molar-refractivity contribution >= 4 is 28.4 Å². The van der Waals surface area contributed by atoms with Crippen molar-refractivity contribution in [2.45, 2.75) is 45.6 Å². The van der Waals surface area contributed by atoms with Gasteiger partial charge in [0.2, 0.25) is 5.91 Å². The predicted octanol–water partition coefficient (Wildman–Crippen LogP) is 5.09. The first-order valence-electron chi connectivity index (χ1n) is 13.4. The van der Waals surface area contributed by atoms with Crippen molar-refractivity contribution in [1.29, 1.82) is 0 Å². The number of aromatic nitrogens is 1. The summed E-state index contributed by atoms with van der Waals surface area (Å²) in [5.74, 6) is 1.37. The lowest BCUT2D eigenvalue weighted by Crippen LogP contribution is -2.52. The van der Waals surface area contributed by atoms with Crippen LogP contribution in [0.2, 0.25) is 0 Å². The number of nitrogens with one attached hydrogen (secondary N) is 1. The van der Waals surface area contributed by atoms with Gasteiger partial charge in [-0.2, -0.15) is 0 Å². The van der Waals surface area contributed by atoms with Crippen molar-refractivity contribution in [3.8, 4) is 0 Å². The second-order valence-electron chi connectivity index (χ2n) is 10.7. The Hall–Kier alpha value is -3.12. The number of aromatic amines is 1. The second kappa shape index (κ2) is 10.5. The van der Waals surface area contributed by atoms with E-state index in [0.29, 0.717) is 11.5 Å². The molecule has 0 bridgehead atoms. The van der Waals surface area contributed by atoms with E-state index in [-0.39, 0.29) is 11.8 Å². The molecule has 0 radical (unpaired) electrons. The first kappa shape index (κ1) is 24.6. The van der Waals surface area contributed by atoms with Crippen molar-refractivity contribution in [1.82, 2.24) is 14.8 Å². The summed E-state index contributed by atoms with van der Waals surface area (Å²) < 4.78 is 0. The summed E-state index contributed by atoms with van der Waals surface area (Å²) in [6.07, 6.45) is 6.62. The number of likely N-dealkylation sites (tertiary alicyclic amines) is 2. The number of aryl methyl sites for hydroxylation is 1. The minimum Gasteiger partial charge on any atom is -0.361 e. The maximum Gasteiger partial charge on any atom is 0.259 e. The van der Waals surface area contributed by atoms with E-state index in [9.17, 15) is 9.59 Å². The van der Waals surface area contributed by atoms with Gasteiger partial charge in [0.15, 0.2) is 0 Å². The van der Waals surface area contributed by atoms with Crippen LogP contribution in [0.25, 0.3) is 10.9 Å². The highest BCUT2D eigenvalue weighted by atomic mass is 16.2. The number of hydrogen-bond acceptors (Lipinski definition) is 3. The lowest BCUT2D eigenvalue weighted by atomic mass is 9.79. The Kier molecular flexibility index (Phi) is 7.15. The van der Waals surface area contributed by atoms with E-state index in [1.165, 1.54) is 25.9 Å². The fraction of sp³-hybridized carbons (Fsp3) is 0.467. The van der Waals surface area contributed by atoms with Gasteiger partial charge in [-0.25, -0.2) is 0 Å². The summed E-state index contributed by atoms with van der Waals surface area (Å²) in [7, 11) is 2.20. The summed E-state index contributed by atoms with van der Waals surface area (Å²) in [6.45, 7) is 7.85. The lowest BCUT2D eigenvalue weighted by molar-refractivity contribution is -0.133. The van der Waals surface area contributed by atoms with E-state index in [0.717, 1.165) is 54.0 Å². The van der Waals surface area contributed by atoms with E-state index < -0.39 is 6.04 Å². The van der Waals surface area contributed by atoms with Crippen LogP contribution < -0.4 is 4.90 Å². The van der Waals surface area contributed by atoms with E-state index >= 15 is 0 Å². The van der Waals surface area contributed by atoms with Gasteiger partial charge in [-0.1, -0.05) is 24.3 Å². The Morgan fingerprint density at radius 2 is 1.58 bits per heavy atom. The fourth-order valence-electron chi connectivity index (χ4n) is 6.11. The van der Waals surface area contributed by atoms with Crippen molar-refractivity contribution in [2.24, 2.45) is 11.8 Å². The Morgan fingerprint density at radius 3 is 2.25 bits per heavy atom. The van der Waals surface area contributed by atoms with Crippen LogP contribution in [-0.4, -0.2) is 65.9 Å². The minimum absolute atomic E-state index is 0.0332. The first-order valence-corrected chi connectivity index (χ1v) is 13.4. The highest BCUT2D eigenvalue weighted by Gasteiger charge is 2.35. The van der Waals surface area contributed by atoms with Gasteiger partial charge in [0.25, 0.3) is 5.91 Å². The summed E-state index contributed by atoms with van der Waals surface area (Å²) in [6, 6.07) is 14.7. The van der Waals surface area contributed by atoms with Crippen LogP contribution in [0.1, 0.15) is 48.5 Å². The Balaban J connectivity index is 1.32. The zero-order valence-electron chi connectivity index (χ0n) is 21.7. The first-order chi connectivity index (χ1) is 17.4. The number of amides is 2. The summed E-state index contributed by atoms with van der Waals surface area (Å²) in [4.78, 5) is 36.9. The van der Waals surface area contributed by atoms with E-state index in [1.54, 1.807) is 4.90 Å². The largest absolute Gasteiger partial charge is 0.361 e. The predicted molar refractivity (Wildman–Crippen MR) is 145 cm³/mol. The van der Waals surface area contributed by atoms with Gasteiger partial charge in [0.1, 0.15) is 6.04 Å². The third-order valence-electron chi connectivity index (χ3n) is 8.41. The molecule has 2 aliphatic heterocycles. The summed E-state index contributed by atoms with van der Waals surface area (Å²) in [5, 5.41) is 1.11. The number of rotatable bonds is 5. The molecule has 2 amide bonds. The number of hydrogen-bond donors (Lipinski definition) is 1. The zero-order chi connectivity index (χ0) is 25.2. The minimum atomic E-state index is -0.583. The molecule has 2 aliphatic rings. The maximum atomic E-state index is 13.8. The van der Waals surface area contributed by atoms with E-state index in [2.05, 4.69) is 16.9 Å². The average molecular weight is 487 g/mol. The third-order valence-corrected chi connectivity index (χ3v) is 8.41. The van der Waals surface area contributed by atoms with Crippen LogP contribution in [0.5, 0.6) is 0 Å². The highest BCUT2D eigenvalue weighted by molar-refractivity contribution is 6.11. The molecule has 3 aromatic rings. The molecule has 190 valence electrons. The second-order valence-corrected chi connectivity index (χ2v) is 10.7. The Morgan fingerprint density at radius 1 is 0.944 bits per heavy atom. The molecular formula is C30H38N4O2. The van der Waals surface area contributed by atoms with Gasteiger partial charge in [-0.05, 0) is 101 Å². The van der Waals surface area contributed by atoms with Crippen LogP contribution >= 0.6 is 0 Å². The lowest BCUT2D eigenvalue weighted by Gasteiger charge is -2.41. The molecule has 3 heterocycles. The summed E-state index contributed by atoms with van der Waals surface area (Å²) >= 11 is 0. The molecule has 2 fully saturated rings. The number of fused-ring (bicyclic) bond motifs is 1. The van der Waals surface area contributed by atoms with Gasteiger partial charge in [-0.15, -0.1) is 0 Å². The van der Waals surface area contributed by atoms with Gasteiger partial charge in [0, 0.05) is 41.4 Å². The normalized spacial score (nSPS) is 18.9. The number of para-hydroxylation sites is 1. The molecule has 1 N–H and O–H groups in total. The van der Waals surface area contributed by atoms with E-state index in [4.69, 9.17) is 0 Å². The van der Waals surface area contributed by atoms with Crippen LogP contribution in [0.4, 0.5) is 5.69 Å². The number of anilines is 1. The molecule has 0 aliphatic carbocycles. The van der Waals surface area contributed by atoms with Crippen molar-refractivity contribution < 1.29 is 9.59 Å². The molecule has 6 heteroatoms. The van der Waals surface area contributed by atoms with Crippen LogP contribution in [0.3, 0.4) is 0 Å². The van der Waals surface area contributed by atoms with Gasteiger partial charge >= 0.3 is 0 Å². The third kappa shape index (κ3) is 4.92. The molecular weight excluding hydrogens is 448 g/mol. The van der Waals surface area contributed by atoms with Gasteiger partial charge < -0.3 is 14.8 Å². The molecule has 36 heavy (non-hydrogen) atoms. The van der Waals surface area contributed by atoms with Crippen LogP contribution in [0.15, 0.2) is 54.7 Å². The number of nitrogens with zero attached hydrogens (tertiary/aromatic N) is 3. The van der Waals surface area contributed by atoms with Crippen molar-refractivity contribution in [3.63, 3.8) is 0 Å². The number of carbonyl (C=O) groups excluding carboxylic acids is 2. The molecule has 0 spiro atoms. The van der Waals surface area contributed by atoms with E-state index in [1.807, 2.05) is 73.5 Å². The Labute approximate surface area is 214 Å². The molecule has 1 aromatic heterocycles. The topological polar surface area (TPSA) is 59.7 Å². The molecule has 5 rings (SSSR count). The zero-order valence-corrected chi connectivity index (χ0v) is 21.7. The molecule has 6 nitrogen and oxygen atoms in total. The number of carbonyl (C=O) groups is 2. The average Bonchev–Trinajstić information content (AvgIpc) is 3.29. The SMILES string of the molecule is Cc1c[nH]c2cc(C(=O)N(c3ccccc3)[C@H](C)C(=O)N3CCC(C4CCN(C)CC4)CC3)ccc12. The number of benzene rings is 2. The van der Waals surface area contributed by atoms with Crippen molar-refractivity contribution in [2.75, 3.05) is 38.1 Å². The fourth-order valence-corrected chi connectivity index (χ4v) is 6.11. The molecule has 0 unspecified atom stereocenters. The quantitative estimate of drug-likeness (QED) is 0.546. The Bertz CT molecular complexity index is 1200. The monoisotopic (exact) mass is 486 g/mol. The highest BCUT2D eigenvalue weighted by Crippen LogP contribution is 2.33. The van der Waals surface area contributed by atoms with Crippen LogP contribution in [-0.2, 0) is 4.79 Å². The molecule has 0 saturated carbocycles. The molecule has 2 saturated heterocycles. The molecule has 1 atom stereocenters. The van der Waals surface area contributed by atoms with Gasteiger partial charge in [0.05, 0.1) is 0 Å². The van der Waals surface area contributed by atoms with Gasteiger partial charge in [-0.3, -0.25) is 14.5 Å². The standard InChI is InChI=1S/C30H38N4O2/c1-21-20-31-28-19-25(9-10-27(21)28)30(36)34(26-7-5-4-6-8-26)22(2)29(35)33-17-13-24(14-18-33)23-11-15-32(3)16-12-23/h4-10,19-20,22-24,31H,11-18H2,1-3H3/t22-/m1/s1. The smallest absolute Gasteiger partial charge is 0.259 e. The molecule has 2 aromatic carbocycles. The maximum absolute atomic E-state index is 13.8.